The third-order valence-corrected chi connectivity index (χ3v) is 4.38. The van der Waals surface area contributed by atoms with Crippen LogP contribution in [0.3, 0.4) is 0 Å². The lowest BCUT2D eigenvalue weighted by molar-refractivity contribution is -0.138. The van der Waals surface area contributed by atoms with Gasteiger partial charge in [0.1, 0.15) is 5.54 Å². The minimum absolute atomic E-state index is 0. The van der Waals surface area contributed by atoms with E-state index in [-0.39, 0.29) is 30.4 Å². The lowest BCUT2D eigenvalue weighted by atomic mass is 9.93. The molecule has 1 aliphatic heterocycles. The monoisotopic (exact) mass is 318 g/mol. The summed E-state index contributed by atoms with van der Waals surface area (Å²) in [5.74, 6) is 0.0770. The molecule has 2 fully saturated rings. The molecule has 1 heterocycles. The lowest BCUT2D eigenvalue weighted by Gasteiger charge is -2.38. The maximum atomic E-state index is 12.8. The van der Waals surface area contributed by atoms with Crippen molar-refractivity contribution in [2.75, 3.05) is 19.6 Å². The molecule has 0 atom stereocenters. The first-order chi connectivity index (χ1) is 9.57. The Hall–Kier alpha value is -1.01. The van der Waals surface area contributed by atoms with Gasteiger partial charge < -0.3 is 21.3 Å². The van der Waals surface area contributed by atoms with Gasteiger partial charge in [-0.15, -0.1) is 12.4 Å². The van der Waals surface area contributed by atoms with Gasteiger partial charge in [-0.1, -0.05) is 12.8 Å². The van der Waals surface area contributed by atoms with Crippen LogP contribution in [0.2, 0.25) is 0 Å². The number of rotatable bonds is 3. The summed E-state index contributed by atoms with van der Waals surface area (Å²) < 4.78 is 0. The number of urea groups is 1. The van der Waals surface area contributed by atoms with E-state index in [1.54, 1.807) is 0 Å². The van der Waals surface area contributed by atoms with Gasteiger partial charge in [0.15, 0.2) is 0 Å². The van der Waals surface area contributed by atoms with Crippen molar-refractivity contribution in [1.82, 2.24) is 15.5 Å². The fourth-order valence-electron chi connectivity index (χ4n) is 3.20. The highest BCUT2D eigenvalue weighted by atomic mass is 35.5. The number of nitrogens with two attached hydrogens (primary N) is 1. The molecular formula is C14H27ClN4O2. The van der Waals surface area contributed by atoms with Crippen LogP contribution >= 0.6 is 12.4 Å². The zero-order valence-electron chi connectivity index (χ0n) is 12.7. The molecule has 1 aliphatic carbocycles. The highest BCUT2D eigenvalue weighted by Gasteiger charge is 2.45. The van der Waals surface area contributed by atoms with Gasteiger partial charge in [0.25, 0.3) is 0 Å². The fraction of sp³-hybridized carbons (Fsp3) is 0.857. The molecule has 0 spiro atoms. The first-order valence-electron chi connectivity index (χ1n) is 7.68. The molecule has 0 bridgehead atoms. The van der Waals surface area contributed by atoms with E-state index in [9.17, 15) is 9.59 Å². The highest BCUT2D eigenvalue weighted by molar-refractivity contribution is 5.91. The summed E-state index contributed by atoms with van der Waals surface area (Å²) in [6.07, 6.45) is 5.17. The average Bonchev–Trinajstić information content (AvgIpc) is 2.88. The van der Waals surface area contributed by atoms with Gasteiger partial charge in [0, 0.05) is 25.7 Å². The smallest absolute Gasteiger partial charge is 0.315 e. The van der Waals surface area contributed by atoms with Crippen molar-refractivity contribution in [2.45, 2.75) is 57.0 Å². The number of carbonyl (C=O) groups is 2. The molecule has 122 valence electrons. The second-order valence-corrected chi connectivity index (χ2v) is 5.90. The molecule has 3 amide bonds. The van der Waals surface area contributed by atoms with Crippen molar-refractivity contribution in [3.05, 3.63) is 0 Å². The van der Waals surface area contributed by atoms with E-state index in [1.165, 1.54) is 0 Å². The van der Waals surface area contributed by atoms with Crippen molar-refractivity contribution in [3.8, 4) is 0 Å². The van der Waals surface area contributed by atoms with Crippen LogP contribution < -0.4 is 16.4 Å². The summed E-state index contributed by atoms with van der Waals surface area (Å²) in [5.41, 5.74) is 5.19. The minimum atomic E-state index is -0.694. The van der Waals surface area contributed by atoms with E-state index in [4.69, 9.17) is 5.73 Å². The van der Waals surface area contributed by atoms with Crippen molar-refractivity contribution in [1.29, 1.82) is 0 Å². The number of amides is 3. The highest BCUT2D eigenvalue weighted by Crippen LogP contribution is 2.32. The number of nitrogens with zero attached hydrogens (tertiary/aromatic N) is 1. The third kappa shape index (κ3) is 4.23. The Morgan fingerprint density at radius 2 is 1.81 bits per heavy atom. The summed E-state index contributed by atoms with van der Waals surface area (Å²) >= 11 is 0. The summed E-state index contributed by atoms with van der Waals surface area (Å²) in [6, 6.07) is -0.0358. The number of piperidine rings is 1. The van der Waals surface area contributed by atoms with Crippen LogP contribution in [0.4, 0.5) is 4.79 Å². The average molecular weight is 319 g/mol. The number of halogens is 1. The first-order valence-corrected chi connectivity index (χ1v) is 7.68. The number of carbonyl (C=O) groups excluding carboxylic acids is 2. The Balaban J connectivity index is 0.00000220. The Morgan fingerprint density at radius 3 is 2.33 bits per heavy atom. The molecule has 1 saturated carbocycles. The van der Waals surface area contributed by atoms with Gasteiger partial charge in [-0.25, -0.2) is 4.79 Å². The molecule has 2 rings (SSSR count). The third-order valence-electron chi connectivity index (χ3n) is 4.38. The van der Waals surface area contributed by atoms with Gasteiger partial charge in [0.2, 0.25) is 5.91 Å². The van der Waals surface area contributed by atoms with Crippen molar-refractivity contribution < 1.29 is 9.59 Å². The Bertz CT molecular complexity index is 364. The van der Waals surface area contributed by atoms with Gasteiger partial charge in [-0.3, -0.25) is 4.79 Å². The van der Waals surface area contributed by atoms with Gasteiger partial charge in [0.05, 0.1) is 0 Å². The molecular weight excluding hydrogens is 292 g/mol. The topological polar surface area (TPSA) is 87.5 Å². The number of hydrogen-bond acceptors (Lipinski definition) is 3. The first kappa shape index (κ1) is 18.0. The lowest BCUT2D eigenvalue weighted by Crippen LogP contribution is -2.61. The predicted octanol–water partition coefficient (Wildman–Crippen LogP) is 0.990. The van der Waals surface area contributed by atoms with Crippen LogP contribution in [0.25, 0.3) is 0 Å². The van der Waals surface area contributed by atoms with E-state index < -0.39 is 5.54 Å². The van der Waals surface area contributed by atoms with Crippen LogP contribution in [0.1, 0.15) is 45.4 Å². The summed E-state index contributed by atoms with van der Waals surface area (Å²) in [7, 11) is 0. The zero-order valence-corrected chi connectivity index (χ0v) is 13.5. The zero-order chi connectivity index (χ0) is 14.6. The number of nitrogens with one attached hydrogen (secondary N) is 2. The maximum absolute atomic E-state index is 12.8. The van der Waals surface area contributed by atoms with Crippen LogP contribution in [-0.4, -0.2) is 48.1 Å². The summed E-state index contributed by atoms with van der Waals surface area (Å²) in [4.78, 5) is 26.5. The SMILES string of the molecule is CCNC(=O)NC1(C(=O)N2CCC(N)CC2)CCCC1.Cl. The van der Waals surface area contributed by atoms with E-state index >= 15 is 0 Å². The molecule has 21 heavy (non-hydrogen) atoms. The van der Waals surface area contributed by atoms with Crippen LogP contribution in [0, 0.1) is 0 Å². The molecule has 4 N–H and O–H groups in total. The molecule has 0 aromatic rings. The van der Waals surface area contributed by atoms with Gasteiger partial charge >= 0.3 is 6.03 Å². The molecule has 7 heteroatoms. The normalized spacial score (nSPS) is 21.5. The van der Waals surface area contributed by atoms with Crippen molar-refractivity contribution >= 4 is 24.3 Å². The molecule has 0 aromatic carbocycles. The quantitative estimate of drug-likeness (QED) is 0.725. The number of likely N-dealkylation sites (tertiary alicyclic amines) is 1. The second-order valence-electron chi connectivity index (χ2n) is 5.90. The standard InChI is InChI=1S/C14H26N4O2.ClH/c1-2-16-13(20)17-14(7-3-4-8-14)12(19)18-9-5-11(15)6-10-18;/h11H,2-10,15H2,1H3,(H2,16,17,20);1H. The Labute approximate surface area is 132 Å². The molecule has 0 radical (unpaired) electrons. The number of hydrogen-bond donors (Lipinski definition) is 3. The van der Waals surface area contributed by atoms with E-state index in [2.05, 4.69) is 10.6 Å². The summed E-state index contributed by atoms with van der Waals surface area (Å²) in [5, 5.41) is 5.65. The van der Waals surface area contributed by atoms with Crippen molar-refractivity contribution in [2.24, 2.45) is 5.73 Å². The largest absolute Gasteiger partial charge is 0.341 e. The van der Waals surface area contributed by atoms with Crippen LogP contribution in [0.15, 0.2) is 0 Å². The maximum Gasteiger partial charge on any atom is 0.315 e. The van der Waals surface area contributed by atoms with Gasteiger partial charge in [-0.05, 0) is 32.6 Å². The molecule has 6 nitrogen and oxygen atoms in total. The molecule has 2 aliphatic rings. The molecule has 0 unspecified atom stereocenters. The Kier molecular flexibility index (Phi) is 6.74. The molecule has 1 saturated heterocycles. The summed E-state index contributed by atoms with van der Waals surface area (Å²) in [6.45, 7) is 3.85. The Morgan fingerprint density at radius 1 is 1.24 bits per heavy atom. The van der Waals surface area contributed by atoms with E-state index in [1.807, 2.05) is 11.8 Å². The minimum Gasteiger partial charge on any atom is -0.341 e. The second kappa shape index (κ2) is 7.84. The van der Waals surface area contributed by atoms with Crippen LogP contribution in [0.5, 0.6) is 0 Å². The van der Waals surface area contributed by atoms with E-state index in [0.29, 0.717) is 19.6 Å². The van der Waals surface area contributed by atoms with Gasteiger partial charge in [-0.2, -0.15) is 0 Å². The van der Waals surface area contributed by atoms with Crippen molar-refractivity contribution in [3.63, 3.8) is 0 Å². The fourth-order valence-corrected chi connectivity index (χ4v) is 3.20. The predicted molar refractivity (Wildman–Crippen MR) is 84.4 cm³/mol. The molecule has 0 aromatic heterocycles. The van der Waals surface area contributed by atoms with E-state index in [0.717, 1.165) is 38.5 Å². The van der Waals surface area contributed by atoms with Crippen LogP contribution in [-0.2, 0) is 4.79 Å².